The number of hydrogen-bond donors (Lipinski definition) is 2. The smallest absolute Gasteiger partial charge is 0.140 e. The third-order valence-corrected chi connectivity index (χ3v) is 3.28. The van der Waals surface area contributed by atoms with Gasteiger partial charge in [-0.15, -0.1) is 0 Å². The van der Waals surface area contributed by atoms with Gasteiger partial charge in [0.1, 0.15) is 5.84 Å². The van der Waals surface area contributed by atoms with Crippen LogP contribution in [0.15, 0.2) is 5.16 Å². The van der Waals surface area contributed by atoms with E-state index in [1.54, 1.807) is 0 Å². The van der Waals surface area contributed by atoms with Gasteiger partial charge in [-0.3, -0.25) is 4.90 Å². The van der Waals surface area contributed by atoms with Crippen molar-refractivity contribution >= 4 is 5.84 Å². The third-order valence-electron chi connectivity index (χ3n) is 3.28. The molecule has 1 saturated carbocycles. The lowest BCUT2D eigenvalue weighted by Gasteiger charge is -2.34. The van der Waals surface area contributed by atoms with Gasteiger partial charge < -0.3 is 15.8 Å². The number of nitrogens with zero attached hydrogens (tertiary/aromatic N) is 3. The maximum atomic E-state index is 8.42. The lowest BCUT2D eigenvalue weighted by atomic mass is 10.3. The van der Waals surface area contributed by atoms with E-state index in [0.29, 0.717) is 12.3 Å². The molecule has 1 saturated heterocycles. The van der Waals surface area contributed by atoms with Crippen molar-refractivity contribution in [3.05, 3.63) is 0 Å². The number of oxime groups is 1. The lowest BCUT2D eigenvalue weighted by molar-refractivity contribution is 0.129. The maximum absolute atomic E-state index is 8.42. The van der Waals surface area contributed by atoms with Crippen molar-refractivity contribution in [2.45, 2.75) is 25.3 Å². The summed E-state index contributed by atoms with van der Waals surface area (Å²) in [5.74, 6) is 0.333. The van der Waals surface area contributed by atoms with E-state index in [1.807, 2.05) is 0 Å². The summed E-state index contributed by atoms with van der Waals surface area (Å²) in [5.41, 5.74) is 5.44. The van der Waals surface area contributed by atoms with Crippen molar-refractivity contribution in [3.63, 3.8) is 0 Å². The molecule has 2 aliphatic rings. The van der Waals surface area contributed by atoms with Gasteiger partial charge in [0.25, 0.3) is 0 Å². The maximum Gasteiger partial charge on any atom is 0.140 e. The molecule has 0 spiro atoms. The van der Waals surface area contributed by atoms with E-state index in [2.05, 4.69) is 15.0 Å². The van der Waals surface area contributed by atoms with Gasteiger partial charge in [0, 0.05) is 45.2 Å². The molecular formula is C10H20N4O. The van der Waals surface area contributed by atoms with Gasteiger partial charge >= 0.3 is 0 Å². The van der Waals surface area contributed by atoms with Crippen LogP contribution >= 0.6 is 0 Å². The van der Waals surface area contributed by atoms with Gasteiger partial charge in [0.2, 0.25) is 0 Å². The molecule has 0 radical (unpaired) electrons. The second-order valence-corrected chi connectivity index (χ2v) is 4.45. The van der Waals surface area contributed by atoms with Crippen molar-refractivity contribution in [1.82, 2.24) is 9.80 Å². The number of rotatable bonds is 4. The summed E-state index contributed by atoms with van der Waals surface area (Å²) in [6, 6.07) is 0.885. The number of hydrogen-bond acceptors (Lipinski definition) is 4. The first-order chi connectivity index (χ1) is 7.29. The molecule has 0 amide bonds. The van der Waals surface area contributed by atoms with Crippen LogP contribution in [0.5, 0.6) is 0 Å². The Morgan fingerprint density at radius 2 is 1.93 bits per heavy atom. The lowest BCUT2D eigenvalue weighted by Crippen LogP contribution is -2.47. The van der Waals surface area contributed by atoms with Crippen molar-refractivity contribution in [2.75, 3.05) is 32.7 Å². The van der Waals surface area contributed by atoms with Crippen LogP contribution in [-0.2, 0) is 0 Å². The fourth-order valence-corrected chi connectivity index (χ4v) is 2.11. The Balaban J connectivity index is 1.64. The Morgan fingerprint density at radius 3 is 2.47 bits per heavy atom. The molecule has 0 aromatic rings. The van der Waals surface area contributed by atoms with Gasteiger partial charge in [-0.05, 0) is 12.8 Å². The van der Waals surface area contributed by atoms with Gasteiger partial charge in [-0.1, -0.05) is 5.16 Å². The fourth-order valence-electron chi connectivity index (χ4n) is 2.11. The van der Waals surface area contributed by atoms with Crippen molar-refractivity contribution in [1.29, 1.82) is 0 Å². The quantitative estimate of drug-likeness (QED) is 0.296. The van der Waals surface area contributed by atoms with E-state index in [9.17, 15) is 0 Å². The zero-order chi connectivity index (χ0) is 10.7. The monoisotopic (exact) mass is 212 g/mol. The van der Waals surface area contributed by atoms with Crippen molar-refractivity contribution in [3.8, 4) is 0 Å². The van der Waals surface area contributed by atoms with Crippen LogP contribution < -0.4 is 5.73 Å². The average molecular weight is 212 g/mol. The first-order valence-corrected chi connectivity index (χ1v) is 5.72. The zero-order valence-corrected chi connectivity index (χ0v) is 9.10. The first-order valence-electron chi connectivity index (χ1n) is 5.72. The van der Waals surface area contributed by atoms with Crippen LogP contribution in [-0.4, -0.2) is 59.6 Å². The molecule has 1 aliphatic carbocycles. The highest BCUT2D eigenvalue weighted by molar-refractivity contribution is 5.79. The SMILES string of the molecule is NC(CCN1CCN(C2CC2)CC1)=NO. The fraction of sp³-hybridized carbons (Fsp3) is 0.900. The molecule has 0 aromatic carbocycles. The molecule has 0 atom stereocenters. The Kier molecular flexibility index (Phi) is 3.43. The van der Waals surface area contributed by atoms with E-state index < -0.39 is 0 Å². The van der Waals surface area contributed by atoms with E-state index in [4.69, 9.17) is 10.9 Å². The summed E-state index contributed by atoms with van der Waals surface area (Å²) >= 11 is 0. The molecule has 1 heterocycles. The second-order valence-electron chi connectivity index (χ2n) is 4.45. The average Bonchev–Trinajstić information content (AvgIpc) is 3.10. The first kappa shape index (κ1) is 10.7. The van der Waals surface area contributed by atoms with Crippen molar-refractivity contribution < 1.29 is 5.21 Å². The molecule has 0 unspecified atom stereocenters. The summed E-state index contributed by atoms with van der Waals surface area (Å²) in [4.78, 5) is 4.97. The highest BCUT2D eigenvalue weighted by Crippen LogP contribution is 2.27. The Morgan fingerprint density at radius 1 is 1.27 bits per heavy atom. The minimum atomic E-state index is 0.333. The highest BCUT2D eigenvalue weighted by Gasteiger charge is 2.30. The molecular weight excluding hydrogens is 192 g/mol. The topological polar surface area (TPSA) is 65.1 Å². The Hall–Kier alpha value is -0.810. The summed E-state index contributed by atoms with van der Waals surface area (Å²) in [7, 11) is 0. The third kappa shape index (κ3) is 3.07. The summed E-state index contributed by atoms with van der Waals surface area (Å²) in [6.45, 7) is 5.51. The van der Waals surface area contributed by atoms with Gasteiger partial charge in [-0.25, -0.2) is 0 Å². The molecule has 1 aliphatic heterocycles. The van der Waals surface area contributed by atoms with Crippen LogP contribution in [0.25, 0.3) is 0 Å². The highest BCUT2D eigenvalue weighted by atomic mass is 16.4. The van der Waals surface area contributed by atoms with Crippen LogP contribution in [0.3, 0.4) is 0 Å². The van der Waals surface area contributed by atoms with E-state index in [1.165, 1.54) is 25.9 Å². The van der Waals surface area contributed by atoms with E-state index in [0.717, 1.165) is 25.7 Å². The van der Waals surface area contributed by atoms with Crippen LogP contribution in [0.2, 0.25) is 0 Å². The number of piperazine rings is 1. The van der Waals surface area contributed by atoms with Crippen LogP contribution in [0.4, 0.5) is 0 Å². The molecule has 0 aromatic heterocycles. The standard InChI is InChI=1S/C10H20N4O/c11-10(12-15)3-4-13-5-7-14(8-6-13)9-1-2-9/h9,15H,1-8H2,(H2,11,12). The normalized spacial score (nSPS) is 25.7. The predicted octanol–water partition coefficient (Wildman–Crippen LogP) is -0.0971. The number of nitrogens with two attached hydrogens (primary N) is 1. The predicted molar refractivity (Wildman–Crippen MR) is 59.1 cm³/mol. The zero-order valence-electron chi connectivity index (χ0n) is 9.10. The Bertz CT molecular complexity index is 232. The molecule has 2 rings (SSSR count). The van der Waals surface area contributed by atoms with E-state index in [-0.39, 0.29) is 0 Å². The minimum absolute atomic E-state index is 0.333. The van der Waals surface area contributed by atoms with E-state index >= 15 is 0 Å². The summed E-state index contributed by atoms with van der Waals surface area (Å²) in [5, 5.41) is 11.4. The van der Waals surface area contributed by atoms with Crippen molar-refractivity contribution in [2.24, 2.45) is 10.9 Å². The largest absolute Gasteiger partial charge is 0.409 e. The summed E-state index contributed by atoms with van der Waals surface area (Å²) in [6.07, 6.45) is 3.45. The minimum Gasteiger partial charge on any atom is -0.409 e. The van der Waals surface area contributed by atoms with Gasteiger partial charge in [0.05, 0.1) is 0 Å². The molecule has 5 nitrogen and oxygen atoms in total. The Labute approximate surface area is 90.5 Å². The number of amidine groups is 1. The molecule has 3 N–H and O–H groups in total. The van der Waals surface area contributed by atoms with Crippen LogP contribution in [0, 0.1) is 0 Å². The molecule has 15 heavy (non-hydrogen) atoms. The van der Waals surface area contributed by atoms with Gasteiger partial charge in [0.15, 0.2) is 0 Å². The molecule has 5 heteroatoms. The van der Waals surface area contributed by atoms with Crippen LogP contribution in [0.1, 0.15) is 19.3 Å². The molecule has 2 fully saturated rings. The van der Waals surface area contributed by atoms with Gasteiger partial charge in [-0.2, -0.15) is 0 Å². The summed E-state index contributed by atoms with van der Waals surface area (Å²) < 4.78 is 0. The molecule has 0 bridgehead atoms. The molecule has 86 valence electrons. The second kappa shape index (κ2) is 4.81.